The average Bonchev–Trinajstić information content (AvgIpc) is 2.39. The van der Waals surface area contributed by atoms with Crippen LogP contribution in [0, 0.1) is 0 Å². The van der Waals surface area contributed by atoms with Crippen LogP contribution in [-0.2, 0) is 0 Å². The fourth-order valence-electron chi connectivity index (χ4n) is 2.29. The van der Waals surface area contributed by atoms with Crippen LogP contribution in [0.15, 0.2) is 36.4 Å². The predicted molar refractivity (Wildman–Crippen MR) is 82.7 cm³/mol. The van der Waals surface area contributed by atoms with E-state index in [0.717, 1.165) is 35.6 Å². The number of hydrogen-bond donors (Lipinski definition) is 3. The molecule has 19 heavy (non-hydrogen) atoms. The summed E-state index contributed by atoms with van der Waals surface area (Å²) < 4.78 is 0. The van der Waals surface area contributed by atoms with Crippen molar-refractivity contribution in [2.75, 3.05) is 6.54 Å². The number of rotatable bonds is 5. The molecule has 0 unspecified atom stereocenters. The zero-order valence-electron chi connectivity index (χ0n) is 10.9. The number of hydrogen-bond acceptors (Lipinski definition) is 3. The van der Waals surface area contributed by atoms with Crippen LogP contribution >= 0.6 is 12.4 Å². The Balaban J connectivity index is 0.00000180. The Morgan fingerprint density at radius 3 is 2.37 bits per heavy atom. The Morgan fingerprint density at radius 2 is 1.68 bits per heavy atom. The van der Waals surface area contributed by atoms with E-state index in [2.05, 4.69) is 0 Å². The van der Waals surface area contributed by atoms with Crippen molar-refractivity contribution in [1.82, 2.24) is 0 Å². The van der Waals surface area contributed by atoms with E-state index >= 15 is 0 Å². The highest BCUT2D eigenvalue weighted by Gasteiger charge is 2.11. The molecule has 1 atom stereocenters. The van der Waals surface area contributed by atoms with E-state index in [1.54, 1.807) is 6.07 Å². The summed E-state index contributed by atoms with van der Waals surface area (Å²) in [4.78, 5) is 0. The second-order valence-corrected chi connectivity index (χ2v) is 4.61. The monoisotopic (exact) mass is 280 g/mol. The molecule has 0 aliphatic rings. The molecule has 0 fully saturated rings. The first-order valence-corrected chi connectivity index (χ1v) is 6.40. The second-order valence-electron chi connectivity index (χ2n) is 4.61. The molecule has 0 saturated heterocycles. The number of fused-ring (bicyclic) bond motifs is 1. The Labute approximate surface area is 120 Å². The molecule has 104 valence electrons. The first kappa shape index (κ1) is 15.8. The molecule has 0 aliphatic heterocycles. The molecule has 2 rings (SSSR count). The Bertz CT molecular complexity index is 531. The van der Waals surface area contributed by atoms with Gasteiger partial charge in [0.1, 0.15) is 5.75 Å². The lowest BCUT2D eigenvalue weighted by Gasteiger charge is -2.15. The number of aromatic hydroxyl groups is 1. The molecule has 0 spiro atoms. The summed E-state index contributed by atoms with van der Waals surface area (Å²) in [6.07, 6.45) is 2.96. The van der Waals surface area contributed by atoms with Crippen molar-refractivity contribution in [1.29, 1.82) is 0 Å². The minimum absolute atomic E-state index is 0. The van der Waals surface area contributed by atoms with Crippen molar-refractivity contribution in [3.05, 3.63) is 42.0 Å². The van der Waals surface area contributed by atoms with Gasteiger partial charge in [-0.05, 0) is 36.4 Å². The molecule has 5 N–H and O–H groups in total. The molecule has 0 radical (unpaired) electrons. The van der Waals surface area contributed by atoms with Crippen molar-refractivity contribution in [3.63, 3.8) is 0 Å². The first-order chi connectivity index (χ1) is 8.74. The van der Waals surface area contributed by atoms with Gasteiger partial charge in [0.2, 0.25) is 0 Å². The lowest BCUT2D eigenvalue weighted by molar-refractivity contribution is 0.481. The number of halogens is 1. The van der Waals surface area contributed by atoms with Crippen LogP contribution in [-0.4, -0.2) is 11.7 Å². The summed E-state index contributed by atoms with van der Waals surface area (Å²) in [7, 11) is 0. The van der Waals surface area contributed by atoms with E-state index in [-0.39, 0.29) is 18.4 Å². The van der Waals surface area contributed by atoms with Crippen LogP contribution < -0.4 is 11.5 Å². The van der Waals surface area contributed by atoms with Crippen LogP contribution in [0.25, 0.3) is 10.8 Å². The zero-order valence-corrected chi connectivity index (χ0v) is 11.7. The topological polar surface area (TPSA) is 72.3 Å². The third kappa shape index (κ3) is 3.60. The number of phenolic OH excluding ortho intramolecular Hbond substituents is 1. The van der Waals surface area contributed by atoms with E-state index in [1.165, 1.54) is 0 Å². The summed E-state index contributed by atoms with van der Waals surface area (Å²) in [6.45, 7) is 0.711. The molecule has 0 amide bonds. The van der Waals surface area contributed by atoms with Gasteiger partial charge in [-0.1, -0.05) is 36.8 Å². The Hall–Kier alpha value is -1.29. The minimum Gasteiger partial charge on any atom is -0.507 e. The quantitative estimate of drug-likeness (QED) is 0.737. The first-order valence-electron chi connectivity index (χ1n) is 6.40. The number of phenols is 1. The van der Waals surface area contributed by atoms with Crippen molar-refractivity contribution in [2.24, 2.45) is 11.5 Å². The lowest BCUT2D eigenvalue weighted by Crippen LogP contribution is -2.11. The second kappa shape index (κ2) is 7.34. The largest absolute Gasteiger partial charge is 0.507 e. The van der Waals surface area contributed by atoms with Crippen LogP contribution in [0.1, 0.15) is 30.9 Å². The van der Waals surface area contributed by atoms with Gasteiger partial charge >= 0.3 is 0 Å². The molecule has 2 aromatic carbocycles. The fraction of sp³-hybridized carbons (Fsp3) is 0.333. The molecule has 0 aliphatic carbocycles. The maximum Gasteiger partial charge on any atom is 0.123 e. The average molecular weight is 281 g/mol. The van der Waals surface area contributed by atoms with Crippen LogP contribution in [0.4, 0.5) is 0 Å². The van der Waals surface area contributed by atoms with Gasteiger partial charge in [-0.25, -0.2) is 0 Å². The normalized spacial score (nSPS) is 12.1. The van der Waals surface area contributed by atoms with E-state index in [0.29, 0.717) is 12.3 Å². The molecular formula is C15H21ClN2O. The number of unbranched alkanes of at least 4 members (excludes halogenated alkanes) is 1. The van der Waals surface area contributed by atoms with Crippen molar-refractivity contribution in [2.45, 2.75) is 25.3 Å². The van der Waals surface area contributed by atoms with Crippen LogP contribution in [0.3, 0.4) is 0 Å². The zero-order chi connectivity index (χ0) is 13.0. The van der Waals surface area contributed by atoms with Crippen LogP contribution in [0.5, 0.6) is 5.75 Å². The number of benzene rings is 2. The molecule has 0 saturated carbocycles. The van der Waals surface area contributed by atoms with Crippen molar-refractivity contribution >= 4 is 23.2 Å². The summed E-state index contributed by atoms with van der Waals surface area (Å²) in [5, 5.41) is 11.7. The SMILES string of the molecule is Cl.NCCCC[C@@H](N)c1ccc(O)c2ccccc12. The summed E-state index contributed by atoms with van der Waals surface area (Å²) >= 11 is 0. The molecule has 0 aromatic heterocycles. The van der Waals surface area contributed by atoms with Gasteiger partial charge in [0.05, 0.1) is 0 Å². The van der Waals surface area contributed by atoms with Gasteiger partial charge in [0.25, 0.3) is 0 Å². The molecule has 2 aromatic rings. The maximum atomic E-state index is 9.83. The number of nitrogens with two attached hydrogens (primary N) is 2. The third-order valence-electron chi connectivity index (χ3n) is 3.30. The predicted octanol–water partition coefficient (Wildman–Crippen LogP) is 3.10. The molecule has 3 nitrogen and oxygen atoms in total. The molecular weight excluding hydrogens is 260 g/mol. The van der Waals surface area contributed by atoms with E-state index in [1.807, 2.05) is 30.3 Å². The van der Waals surface area contributed by atoms with E-state index in [9.17, 15) is 5.11 Å². The van der Waals surface area contributed by atoms with Crippen molar-refractivity contribution < 1.29 is 5.11 Å². The maximum absolute atomic E-state index is 9.83. The van der Waals surface area contributed by atoms with Gasteiger partial charge in [0, 0.05) is 11.4 Å². The van der Waals surface area contributed by atoms with Gasteiger partial charge in [-0.2, -0.15) is 0 Å². The summed E-state index contributed by atoms with van der Waals surface area (Å²) in [5.41, 5.74) is 12.8. The highest BCUT2D eigenvalue weighted by molar-refractivity contribution is 5.91. The summed E-state index contributed by atoms with van der Waals surface area (Å²) in [5.74, 6) is 0.309. The molecule has 0 heterocycles. The minimum atomic E-state index is 0. The highest BCUT2D eigenvalue weighted by atomic mass is 35.5. The molecule has 4 heteroatoms. The third-order valence-corrected chi connectivity index (χ3v) is 3.30. The van der Waals surface area contributed by atoms with E-state index in [4.69, 9.17) is 11.5 Å². The van der Waals surface area contributed by atoms with Crippen molar-refractivity contribution in [3.8, 4) is 5.75 Å². The van der Waals surface area contributed by atoms with Gasteiger partial charge in [-0.3, -0.25) is 0 Å². The smallest absolute Gasteiger partial charge is 0.123 e. The highest BCUT2D eigenvalue weighted by Crippen LogP contribution is 2.31. The van der Waals surface area contributed by atoms with E-state index < -0.39 is 0 Å². The lowest BCUT2D eigenvalue weighted by atomic mass is 9.95. The van der Waals surface area contributed by atoms with Crippen LogP contribution in [0.2, 0.25) is 0 Å². The standard InChI is InChI=1S/C15H20N2O.ClH/c16-10-4-3-7-14(17)12-8-9-15(18)13-6-2-1-5-11(12)13;/h1-2,5-6,8-9,14,18H,3-4,7,10,16-17H2;1H/t14-;/m1./s1. The summed E-state index contributed by atoms with van der Waals surface area (Å²) in [6, 6.07) is 11.5. The Kier molecular flexibility index (Phi) is 6.09. The van der Waals surface area contributed by atoms with Gasteiger partial charge in [-0.15, -0.1) is 12.4 Å². The van der Waals surface area contributed by atoms with Gasteiger partial charge in [0.15, 0.2) is 0 Å². The fourth-order valence-corrected chi connectivity index (χ4v) is 2.29. The Morgan fingerprint density at radius 1 is 1.00 bits per heavy atom. The molecule has 0 bridgehead atoms. The van der Waals surface area contributed by atoms with Gasteiger partial charge < -0.3 is 16.6 Å².